The summed E-state index contributed by atoms with van der Waals surface area (Å²) >= 11 is 0. The number of rotatable bonds is 10. The van der Waals surface area contributed by atoms with Gasteiger partial charge in [-0.25, -0.2) is 4.79 Å². The fraction of sp³-hybridized carbons (Fsp3) is 0.588. The topological polar surface area (TPSA) is 72.5 Å². The van der Waals surface area contributed by atoms with Gasteiger partial charge in [-0.3, -0.25) is 0 Å². The molecule has 1 heterocycles. The van der Waals surface area contributed by atoms with Crippen LogP contribution in [0.4, 0.5) is 0 Å². The van der Waals surface area contributed by atoms with Crippen molar-refractivity contribution >= 4 is 5.97 Å². The molecule has 7 nitrogen and oxygen atoms in total. The van der Waals surface area contributed by atoms with Crippen LogP contribution < -0.4 is 9.47 Å². The lowest BCUT2D eigenvalue weighted by atomic mass is 10.1. The fourth-order valence-corrected chi connectivity index (χ4v) is 2.09. The molecule has 134 valence electrons. The van der Waals surface area contributed by atoms with E-state index in [1.807, 2.05) is 0 Å². The molecule has 24 heavy (non-hydrogen) atoms. The van der Waals surface area contributed by atoms with Crippen LogP contribution in [0.25, 0.3) is 0 Å². The maximum absolute atomic E-state index is 11.9. The van der Waals surface area contributed by atoms with E-state index in [1.54, 1.807) is 39.2 Å². The van der Waals surface area contributed by atoms with Gasteiger partial charge >= 0.3 is 5.97 Å². The zero-order chi connectivity index (χ0) is 17.4. The third kappa shape index (κ3) is 5.67. The minimum absolute atomic E-state index is 0.394. The molecule has 1 aromatic carbocycles. The SMILES string of the molecule is COCCOCCOCCOc1ccc2c(c1)OC(C)(C)OC2=O. The van der Waals surface area contributed by atoms with Crippen LogP contribution in [0.15, 0.2) is 18.2 Å². The van der Waals surface area contributed by atoms with Crippen LogP contribution in [-0.4, -0.2) is 58.5 Å². The van der Waals surface area contributed by atoms with Gasteiger partial charge in [0.05, 0.1) is 33.0 Å². The van der Waals surface area contributed by atoms with E-state index in [2.05, 4.69) is 0 Å². The third-order valence-electron chi connectivity index (χ3n) is 3.17. The summed E-state index contributed by atoms with van der Waals surface area (Å²) in [7, 11) is 1.63. The normalized spacial score (nSPS) is 15.4. The van der Waals surface area contributed by atoms with Crippen molar-refractivity contribution in [1.29, 1.82) is 0 Å². The van der Waals surface area contributed by atoms with Crippen LogP contribution >= 0.6 is 0 Å². The Morgan fingerprint density at radius 3 is 2.33 bits per heavy atom. The first-order valence-electron chi connectivity index (χ1n) is 7.85. The fourth-order valence-electron chi connectivity index (χ4n) is 2.09. The number of fused-ring (bicyclic) bond motifs is 1. The zero-order valence-electron chi connectivity index (χ0n) is 14.3. The lowest BCUT2D eigenvalue weighted by molar-refractivity contribution is -0.127. The van der Waals surface area contributed by atoms with Gasteiger partial charge in [0, 0.05) is 27.0 Å². The van der Waals surface area contributed by atoms with E-state index in [9.17, 15) is 4.79 Å². The minimum Gasteiger partial charge on any atom is -0.491 e. The number of benzene rings is 1. The van der Waals surface area contributed by atoms with Crippen LogP contribution in [0.3, 0.4) is 0 Å². The molecule has 0 radical (unpaired) electrons. The number of hydrogen-bond donors (Lipinski definition) is 0. The average molecular weight is 340 g/mol. The van der Waals surface area contributed by atoms with Gasteiger partial charge in [-0.15, -0.1) is 0 Å². The summed E-state index contributed by atoms with van der Waals surface area (Å²) in [5.74, 6) is -0.306. The number of ether oxygens (including phenoxy) is 6. The predicted molar refractivity (Wildman–Crippen MR) is 85.6 cm³/mol. The zero-order valence-corrected chi connectivity index (χ0v) is 14.3. The van der Waals surface area contributed by atoms with Crippen LogP contribution in [-0.2, 0) is 18.9 Å². The van der Waals surface area contributed by atoms with Gasteiger partial charge < -0.3 is 28.4 Å². The van der Waals surface area contributed by atoms with Crippen LogP contribution in [0, 0.1) is 0 Å². The van der Waals surface area contributed by atoms with Crippen molar-refractivity contribution in [3.8, 4) is 11.5 Å². The molecule has 0 N–H and O–H groups in total. The summed E-state index contributed by atoms with van der Waals surface area (Å²) in [6, 6.07) is 5.02. The molecule has 0 saturated carbocycles. The highest BCUT2D eigenvalue weighted by Crippen LogP contribution is 2.33. The molecule has 0 unspecified atom stereocenters. The summed E-state index contributed by atoms with van der Waals surface area (Å²) in [4.78, 5) is 11.9. The Bertz CT molecular complexity index is 542. The Morgan fingerprint density at radius 1 is 0.958 bits per heavy atom. The van der Waals surface area contributed by atoms with Crippen molar-refractivity contribution in [2.75, 3.05) is 46.8 Å². The monoisotopic (exact) mass is 340 g/mol. The lowest BCUT2D eigenvalue weighted by Crippen LogP contribution is -2.38. The second-order valence-corrected chi connectivity index (χ2v) is 5.62. The quantitative estimate of drug-likeness (QED) is 0.477. The third-order valence-corrected chi connectivity index (χ3v) is 3.17. The molecule has 1 aliphatic heterocycles. The van der Waals surface area contributed by atoms with Gasteiger partial charge in [0.2, 0.25) is 5.79 Å². The van der Waals surface area contributed by atoms with Crippen molar-refractivity contribution in [2.45, 2.75) is 19.6 Å². The smallest absolute Gasteiger partial charge is 0.345 e. The van der Waals surface area contributed by atoms with E-state index in [0.717, 1.165) is 0 Å². The Hall–Kier alpha value is -1.83. The molecular formula is C17H24O7. The average Bonchev–Trinajstić information content (AvgIpc) is 2.52. The maximum atomic E-state index is 11.9. The minimum atomic E-state index is -0.978. The molecule has 0 atom stereocenters. The predicted octanol–water partition coefficient (Wildman–Crippen LogP) is 2.03. The molecule has 7 heteroatoms. The first kappa shape index (κ1) is 18.5. The highest BCUT2D eigenvalue weighted by atomic mass is 16.7. The number of hydrogen-bond acceptors (Lipinski definition) is 7. The summed E-state index contributed by atoms with van der Waals surface area (Å²) < 4.78 is 32.0. The van der Waals surface area contributed by atoms with Crippen molar-refractivity contribution < 1.29 is 33.2 Å². The molecule has 1 aliphatic rings. The van der Waals surface area contributed by atoms with Crippen molar-refractivity contribution in [3.05, 3.63) is 23.8 Å². The number of cyclic esters (lactones) is 1. The lowest BCUT2D eigenvalue weighted by Gasteiger charge is -2.31. The molecule has 0 spiro atoms. The van der Waals surface area contributed by atoms with Gasteiger partial charge in [-0.1, -0.05) is 0 Å². The van der Waals surface area contributed by atoms with E-state index < -0.39 is 11.8 Å². The van der Waals surface area contributed by atoms with Crippen molar-refractivity contribution in [1.82, 2.24) is 0 Å². The number of esters is 1. The molecule has 1 aromatic rings. The Labute approximate surface area is 141 Å². The van der Waals surface area contributed by atoms with Crippen molar-refractivity contribution in [3.63, 3.8) is 0 Å². The van der Waals surface area contributed by atoms with E-state index in [1.165, 1.54) is 0 Å². The standard InChI is InChI=1S/C17H24O7/c1-17(2)23-15-12-13(4-5-14(15)16(18)24-17)22-11-10-21-9-8-20-7-6-19-3/h4-5,12H,6-11H2,1-3H3. The molecule has 0 saturated heterocycles. The first-order chi connectivity index (χ1) is 11.5. The second-order valence-electron chi connectivity index (χ2n) is 5.62. The summed E-state index contributed by atoms with van der Waals surface area (Å²) in [5.41, 5.74) is 0.395. The number of methoxy groups -OCH3 is 1. The van der Waals surface area contributed by atoms with Gasteiger partial charge in [-0.05, 0) is 12.1 Å². The summed E-state index contributed by atoms with van der Waals surface area (Å²) in [6.07, 6.45) is 0. The largest absolute Gasteiger partial charge is 0.491 e. The van der Waals surface area contributed by atoms with E-state index in [4.69, 9.17) is 28.4 Å². The number of carbonyl (C=O) groups excluding carboxylic acids is 1. The van der Waals surface area contributed by atoms with Gasteiger partial charge in [0.25, 0.3) is 0 Å². The molecule has 0 fully saturated rings. The van der Waals surface area contributed by atoms with E-state index >= 15 is 0 Å². The Balaban J connectivity index is 1.70. The van der Waals surface area contributed by atoms with Gasteiger partial charge in [-0.2, -0.15) is 0 Å². The molecule has 0 aromatic heterocycles. The number of carbonyl (C=O) groups is 1. The van der Waals surface area contributed by atoms with Crippen LogP contribution in [0.5, 0.6) is 11.5 Å². The second kappa shape index (κ2) is 8.86. The van der Waals surface area contributed by atoms with Crippen molar-refractivity contribution in [2.24, 2.45) is 0 Å². The molecule has 0 amide bonds. The van der Waals surface area contributed by atoms with Crippen LogP contribution in [0.1, 0.15) is 24.2 Å². The first-order valence-corrected chi connectivity index (χ1v) is 7.85. The maximum Gasteiger partial charge on any atom is 0.345 e. The molecule has 0 bridgehead atoms. The van der Waals surface area contributed by atoms with Gasteiger partial charge in [0.1, 0.15) is 23.7 Å². The molecule has 2 rings (SSSR count). The Kier molecular flexibility index (Phi) is 6.84. The highest BCUT2D eigenvalue weighted by Gasteiger charge is 2.33. The highest BCUT2D eigenvalue weighted by molar-refractivity contribution is 5.93. The van der Waals surface area contributed by atoms with E-state index in [0.29, 0.717) is 56.7 Å². The molecule has 0 aliphatic carbocycles. The molecular weight excluding hydrogens is 316 g/mol. The van der Waals surface area contributed by atoms with Gasteiger partial charge in [0.15, 0.2) is 0 Å². The van der Waals surface area contributed by atoms with E-state index in [-0.39, 0.29) is 0 Å². The van der Waals surface area contributed by atoms with Crippen LogP contribution in [0.2, 0.25) is 0 Å². The summed E-state index contributed by atoms with van der Waals surface area (Å²) in [5, 5.41) is 0. The Morgan fingerprint density at radius 2 is 1.62 bits per heavy atom. The summed E-state index contributed by atoms with van der Waals surface area (Å²) in [6.45, 7) is 6.36.